The lowest BCUT2D eigenvalue weighted by atomic mass is 10.0. The van der Waals surface area contributed by atoms with Crippen LogP contribution in [0.1, 0.15) is 5.56 Å². The van der Waals surface area contributed by atoms with Crippen LogP contribution in [0.4, 0.5) is 22.7 Å². The third-order valence-electron chi connectivity index (χ3n) is 4.66. The zero-order chi connectivity index (χ0) is 20.6. The highest BCUT2D eigenvalue weighted by Gasteiger charge is 2.09. The van der Waals surface area contributed by atoms with E-state index in [-0.39, 0.29) is 13.2 Å². The van der Waals surface area contributed by atoms with Crippen molar-refractivity contribution in [2.75, 3.05) is 36.9 Å². The van der Waals surface area contributed by atoms with Crippen molar-refractivity contribution in [3.8, 4) is 11.1 Å². The summed E-state index contributed by atoms with van der Waals surface area (Å²) in [7, 11) is 0. The molecule has 3 rings (SSSR count). The number of rotatable bonds is 8. The Morgan fingerprint density at radius 1 is 0.828 bits per heavy atom. The van der Waals surface area contributed by atoms with Crippen molar-refractivity contribution in [1.29, 1.82) is 0 Å². The molecule has 0 heterocycles. The summed E-state index contributed by atoms with van der Waals surface area (Å²) in [6, 6.07) is 21.4. The SMILES string of the molecule is Cc1cc(N(CCO)CCO)ccc1N=Nc1ccc(N)cc1-c1ccccc1. The van der Waals surface area contributed by atoms with Gasteiger partial charge in [-0.3, -0.25) is 0 Å². The molecule has 0 spiro atoms. The summed E-state index contributed by atoms with van der Waals surface area (Å²) < 4.78 is 0. The Kier molecular flexibility index (Phi) is 6.94. The number of nitrogens with zero attached hydrogens (tertiary/aromatic N) is 3. The van der Waals surface area contributed by atoms with Crippen molar-refractivity contribution >= 4 is 22.7 Å². The third-order valence-corrected chi connectivity index (χ3v) is 4.66. The van der Waals surface area contributed by atoms with Gasteiger partial charge < -0.3 is 20.8 Å². The largest absolute Gasteiger partial charge is 0.399 e. The maximum atomic E-state index is 9.23. The molecule has 0 bridgehead atoms. The van der Waals surface area contributed by atoms with Gasteiger partial charge in [-0.15, -0.1) is 5.11 Å². The minimum absolute atomic E-state index is 0.0277. The molecule has 3 aromatic carbocycles. The molecule has 0 aliphatic carbocycles. The Hall–Kier alpha value is -3.22. The van der Waals surface area contributed by atoms with E-state index in [0.717, 1.165) is 33.8 Å². The molecule has 3 aromatic rings. The van der Waals surface area contributed by atoms with Crippen LogP contribution in [0.15, 0.2) is 77.0 Å². The predicted octanol–water partition coefficient (Wildman–Crippen LogP) is 4.45. The van der Waals surface area contributed by atoms with Gasteiger partial charge in [-0.05, 0) is 54.4 Å². The first-order valence-corrected chi connectivity index (χ1v) is 9.56. The van der Waals surface area contributed by atoms with Crippen LogP contribution in [0.2, 0.25) is 0 Å². The summed E-state index contributed by atoms with van der Waals surface area (Å²) in [6.07, 6.45) is 0. The fourth-order valence-corrected chi connectivity index (χ4v) is 3.16. The van der Waals surface area contributed by atoms with E-state index in [1.165, 1.54) is 0 Å². The molecule has 0 aliphatic rings. The molecule has 0 saturated carbocycles. The van der Waals surface area contributed by atoms with E-state index < -0.39 is 0 Å². The lowest BCUT2D eigenvalue weighted by Gasteiger charge is -2.23. The molecule has 0 radical (unpaired) electrons. The second-order valence-electron chi connectivity index (χ2n) is 6.75. The molecule has 0 aromatic heterocycles. The molecule has 4 N–H and O–H groups in total. The number of nitrogen functional groups attached to an aromatic ring is 1. The van der Waals surface area contributed by atoms with Crippen molar-refractivity contribution in [2.45, 2.75) is 6.92 Å². The number of benzene rings is 3. The fraction of sp³-hybridized carbons (Fsp3) is 0.217. The van der Waals surface area contributed by atoms with Crippen LogP contribution in [0.5, 0.6) is 0 Å². The number of nitrogens with two attached hydrogens (primary N) is 1. The van der Waals surface area contributed by atoms with E-state index in [2.05, 4.69) is 10.2 Å². The quantitative estimate of drug-likeness (QED) is 0.391. The number of aliphatic hydroxyl groups excluding tert-OH is 2. The fourth-order valence-electron chi connectivity index (χ4n) is 3.16. The molecule has 0 amide bonds. The standard InChI is InChI=1S/C23H26N4O2/c1-17-15-20(27(11-13-28)12-14-29)8-10-22(17)25-26-23-9-7-19(24)16-21(23)18-5-3-2-4-6-18/h2-10,15-16,28-29H,11-14,24H2,1H3. The van der Waals surface area contributed by atoms with E-state index >= 15 is 0 Å². The summed E-state index contributed by atoms with van der Waals surface area (Å²) in [5.74, 6) is 0. The number of aryl methyl sites for hydroxylation is 1. The third kappa shape index (κ3) is 5.19. The smallest absolute Gasteiger partial charge is 0.0936 e. The lowest BCUT2D eigenvalue weighted by molar-refractivity contribution is 0.281. The minimum Gasteiger partial charge on any atom is -0.399 e. The molecule has 0 atom stereocenters. The van der Waals surface area contributed by atoms with E-state index in [1.54, 1.807) is 0 Å². The van der Waals surface area contributed by atoms with Gasteiger partial charge in [0.1, 0.15) is 0 Å². The Labute approximate surface area is 171 Å². The lowest BCUT2D eigenvalue weighted by Crippen LogP contribution is -2.29. The van der Waals surface area contributed by atoms with Crippen LogP contribution in [0, 0.1) is 6.92 Å². The van der Waals surface area contributed by atoms with Gasteiger partial charge in [-0.1, -0.05) is 30.3 Å². The maximum absolute atomic E-state index is 9.23. The van der Waals surface area contributed by atoms with Gasteiger partial charge in [0.25, 0.3) is 0 Å². The Morgan fingerprint density at radius 2 is 1.48 bits per heavy atom. The highest BCUT2D eigenvalue weighted by atomic mass is 16.3. The van der Waals surface area contributed by atoms with Gasteiger partial charge in [0, 0.05) is 30.0 Å². The van der Waals surface area contributed by atoms with Crippen LogP contribution >= 0.6 is 0 Å². The number of aliphatic hydroxyl groups is 2. The van der Waals surface area contributed by atoms with Crippen LogP contribution in [-0.4, -0.2) is 36.5 Å². The molecule has 29 heavy (non-hydrogen) atoms. The van der Waals surface area contributed by atoms with Gasteiger partial charge in [0.05, 0.1) is 24.6 Å². The highest BCUT2D eigenvalue weighted by Crippen LogP contribution is 2.34. The van der Waals surface area contributed by atoms with Gasteiger partial charge in [-0.2, -0.15) is 5.11 Å². The minimum atomic E-state index is 0.0277. The molecule has 6 heteroatoms. The van der Waals surface area contributed by atoms with Crippen molar-refractivity contribution in [3.05, 3.63) is 72.3 Å². The molecule has 0 fully saturated rings. The van der Waals surface area contributed by atoms with Crippen LogP contribution in [0.25, 0.3) is 11.1 Å². The summed E-state index contributed by atoms with van der Waals surface area (Å²) >= 11 is 0. The number of hydrogen-bond donors (Lipinski definition) is 3. The first-order chi connectivity index (χ1) is 14.1. The number of anilines is 2. The second-order valence-corrected chi connectivity index (χ2v) is 6.75. The summed E-state index contributed by atoms with van der Waals surface area (Å²) in [6.45, 7) is 2.95. The summed E-state index contributed by atoms with van der Waals surface area (Å²) in [4.78, 5) is 1.93. The Morgan fingerprint density at radius 3 is 2.14 bits per heavy atom. The average Bonchev–Trinajstić information content (AvgIpc) is 2.74. The average molecular weight is 390 g/mol. The molecular formula is C23H26N4O2. The summed E-state index contributed by atoms with van der Waals surface area (Å²) in [5.41, 5.74) is 12.0. The molecule has 0 aliphatic heterocycles. The normalized spacial score (nSPS) is 11.1. The Balaban J connectivity index is 1.89. The molecule has 0 unspecified atom stereocenters. The predicted molar refractivity (Wildman–Crippen MR) is 118 cm³/mol. The van der Waals surface area contributed by atoms with E-state index in [0.29, 0.717) is 18.8 Å². The van der Waals surface area contributed by atoms with E-state index in [4.69, 9.17) is 5.73 Å². The van der Waals surface area contributed by atoms with Crippen LogP contribution < -0.4 is 10.6 Å². The van der Waals surface area contributed by atoms with Crippen molar-refractivity contribution in [3.63, 3.8) is 0 Å². The van der Waals surface area contributed by atoms with Crippen molar-refractivity contribution < 1.29 is 10.2 Å². The second kappa shape index (κ2) is 9.82. The first-order valence-electron chi connectivity index (χ1n) is 9.56. The van der Waals surface area contributed by atoms with Crippen molar-refractivity contribution in [2.24, 2.45) is 10.2 Å². The van der Waals surface area contributed by atoms with Crippen LogP contribution in [-0.2, 0) is 0 Å². The van der Waals surface area contributed by atoms with Gasteiger partial charge in [-0.25, -0.2) is 0 Å². The molecule has 6 nitrogen and oxygen atoms in total. The highest BCUT2D eigenvalue weighted by molar-refractivity contribution is 5.78. The molecule has 0 saturated heterocycles. The number of hydrogen-bond acceptors (Lipinski definition) is 6. The summed E-state index contributed by atoms with van der Waals surface area (Å²) in [5, 5.41) is 27.4. The van der Waals surface area contributed by atoms with E-state index in [9.17, 15) is 10.2 Å². The van der Waals surface area contributed by atoms with E-state index in [1.807, 2.05) is 78.6 Å². The number of azo groups is 1. The van der Waals surface area contributed by atoms with Crippen molar-refractivity contribution in [1.82, 2.24) is 0 Å². The maximum Gasteiger partial charge on any atom is 0.0936 e. The van der Waals surface area contributed by atoms with Gasteiger partial charge in [0.2, 0.25) is 0 Å². The topological polar surface area (TPSA) is 94.4 Å². The van der Waals surface area contributed by atoms with Crippen LogP contribution in [0.3, 0.4) is 0 Å². The van der Waals surface area contributed by atoms with Gasteiger partial charge >= 0.3 is 0 Å². The molecular weight excluding hydrogens is 364 g/mol. The monoisotopic (exact) mass is 390 g/mol. The van der Waals surface area contributed by atoms with Gasteiger partial charge in [0.15, 0.2) is 0 Å². The zero-order valence-corrected chi connectivity index (χ0v) is 16.5. The first kappa shape index (κ1) is 20.5. The Bertz CT molecular complexity index is 968. The zero-order valence-electron chi connectivity index (χ0n) is 16.5. The molecule has 150 valence electrons.